The number of ether oxygens (including phenoxy) is 2. The predicted octanol–water partition coefficient (Wildman–Crippen LogP) is 3.12. The Morgan fingerprint density at radius 2 is 1.45 bits per heavy atom. The number of benzene rings is 2. The highest BCUT2D eigenvalue weighted by molar-refractivity contribution is 5.42. The van der Waals surface area contributed by atoms with E-state index in [4.69, 9.17) is 15.2 Å². The number of nitrogens with two attached hydrogens (primary N) is 1. The van der Waals surface area contributed by atoms with Crippen molar-refractivity contribution in [1.82, 2.24) is 0 Å². The van der Waals surface area contributed by atoms with E-state index in [1.807, 2.05) is 55.5 Å². The van der Waals surface area contributed by atoms with Crippen LogP contribution >= 0.6 is 0 Å². The van der Waals surface area contributed by atoms with Crippen molar-refractivity contribution in [3.05, 3.63) is 59.7 Å². The van der Waals surface area contributed by atoms with Gasteiger partial charge in [-0.1, -0.05) is 36.4 Å². The van der Waals surface area contributed by atoms with Crippen molar-refractivity contribution in [3.63, 3.8) is 0 Å². The van der Waals surface area contributed by atoms with Gasteiger partial charge in [0.15, 0.2) is 0 Å². The van der Waals surface area contributed by atoms with E-state index in [1.54, 1.807) is 14.2 Å². The minimum Gasteiger partial charge on any atom is -0.496 e. The van der Waals surface area contributed by atoms with Crippen LogP contribution < -0.4 is 15.2 Å². The Morgan fingerprint density at radius 1 is 0.900 bits per heavy atom. The van der Waals surface area contributed by atoms with Gasteiger partial charge in [0, 0.05) is 11.1 Å². The van der Waals surface area contributed by atoms with Gasteiger partial charge in [0.25, 0.3) is 0 Å². The quantitative estimate of drug-likeness (QED) is 0.908. The van der Waals surface area contributed by atoms with E-state index in [2.05, 4.69) is 0 Å². The van der Waals surface area contributed by atoms with Crippen LogP contribution in [0.3, 0.4) is 0 Å². The van der Waals surface area contributed by atoms with E-state index in [9.17, 15) is 0 Å². The first kappa shape index (κ1) is 14.4. The van der Waals surface area contributed by atoms with E-state index in [1.165, 1.54) is 0 Å². The topological polar surface area (TPSA) is 44.5 Å². The number of rotatable bonds is 5. The lowest BCUT2D eigenvalue weighted by atomic mass is 9.85. The van der Waals surface area contributed by atoms with Crippen molar-refractivity contribution in [3.8, 4) is 11.5 Å². The average molecular weight is 271 g/mol. The Morgan fingerprint density at radius 3 is 2.10 bits per heavy atom. The standard InChI is InChI=1S/C17H21NO2/c1-17(18,14-9-5-7-11-16(14)20-3)12-13-8-4-6-10-15(13)19-2/h4-11H,12,18H2,1-3H3. The molecule has 0 heterocycles. The zero-order chi connectivity index (χ0) is 14.6. The van der Waals surface area contributed by atoms with E-state index >= 15 is 0 Å². The van der Waals surface area contributed by atoms with Gasteiger partial charge in [-0.2, -0.15) is 0 Å². The fourth-order valence-electron chi connectivity index (χ4n) is 2.46. The van der Waals surface area contributed by atoms with Crippen molar-refractivity contribution in [2.24, 2.45) is 5.73 Å². The fourth-order valence-corrected chi connectivity index (χ4v) is 2.46. The third-order valence-electron chi connectivity index (χ3n) is 3.47. The largest absolute Gasteiger partial charge is 0.496 e. The average Bonchev–Trinajstić information content (AvgIpc) is 2.47. The summed E-state index contributed by atoms with van der Waals surface area (Å²) in [4.78, 5) is 0. The SMILES string of the molecule is COc1ccccc1CC(C)(N)c1ccccc1OC. The van der Waals surface area contributed by atoms with E-state index < -0.39 is 5.54 Å². The van der Waals surface area contributed by atoms with Crippen LogP contribution in [0.2, 0.25) is 0 Å². The van der Waals surface area contributed by atoms with Gasteiger partial charge < -0.3 is 15.2 Å². The number of hydrogen-bond acceptors (Lipinski definition) is 3. The summed E-state index contributed by atoms with van der Waals surface area (Å²) < 4.78 is 10.8. The molecule has 2 rings (SSSR count). The molecule has 0 amide bonds. The van der Waals surface area contributed by atoms with Crippen LogP contribution in [0.1, 0.15) is 18.1 Å². The molecule has 0 fully saturated rings. The summed E-state index contributed by atoms with van der Waals surface area (Å²) in [5.74, 6) is 1.67. The second-order valence-corrected chi connectivity index (χ2v) is 5.11. The summed E-state index contributed by atoms with van der Waals surface area (Å²) in [6.07, 6.45) is 0.678. The second kappa shape index (κ2) is 5.97. The molecule has 0 aliphatic rings. The summed E-state index contributed by atoms with van der Waals surface area (Å²) in [6, 6.07) is 15.8. The monoisotopic (exact) mass is 271 g/mol. The third-order valence-corrected chi connectivity index (χ3v) is 3.47. The molecule has 0 bridgehead atoms. The molecule has 0 saturated heterocycles. The van der Waals surface area contributed by atoms with Crippen molar-refractivity contribution in [2.45, 2.75) is 18.9 Å². The van der Waals surface area contributed by atoms with Gasteiger partial charge in [-0.05, 0) is 31.0 Å². The number of para-hydroxylation sites is 2. The highest BCUT2D eigenvalue weighted by Crippen LogP contribution is 2.32. The van der Waals surface area contributed by atoms with Crippen LogP contribution in [-0.2, 0) is 12.0 Å². The first-order chi connectivity index (χ1) is 9.58. The van der Waals surface area contributed by atoms with Crippen molar-refractivity contribution < 1.29 is 9.47 Å². The number of methoxy groups -OCH3 is 2. The van der Waals surface area contributed by atoms with Crippen LogP contribution in [0.4, 0.5) is 0 Å². The molecule has 0 spiro atoms. The lowest BCUT2D eigenvalue weighted by Gasteiger charge is -2.27. The van der Waals surface area contributed by atoms with Gasteiger partial charge in [-0.25, -0.2) is 0 Å². The van der Waals surface area contributed by atoms with Gasteiger partial charge in [-0.15, -0.1) is 0 Å². The Labute approximate surface area is 120 Å². The summed E-state index contributed by atoms with van der Waals surface area (Å²) in [7, 11) is 3.34. The molecule has 0 radical (unpaired) electrons. The van der Waals surface area contributed by atoms with Crippen molar-refractivity contribution in [2.75, 3.05) is 14.2 Å². The smallest absolute Gasteiger partial charge is 0.123 e. The third kappa shape index (κ3) is 2.94. The normalized spacial score (nSPS) is 13.6. The second-order valence-electron chi connectivity index (χ2n) is 5.11. The van der Waals surface area contributed by atoms with Gasteiger partial charge in [0.05, 0.1) is 14.2 Å². The molecule has 106 valence electrons. The lowest BCUT2D eigenvalue weighted by molar-refractivity contribution is 0.378. The molecule has 20 heavy (non-hydrogen) atoms. The minimum atomic E-state index is -0.527. The Kier molecular flexibility index (Phi) is 4.30. The molecule has 0 aliphatic heterocycles. The molecular weight excluding hydrogens is 250 g/mol. The molecule has 3 heteroatoms. The van der Waals surface area contributed by atoms with Crippen LogP contribution in [0.15, 0.2) is 48.5 Å². The molecule has 3 nitrogen and oxygen atoms in total. The molecule has 1 unspecified atom stereocenters. The zero-order valence-corrected chi connectivity index (χ0v) is 12.2. The highest BCUT2D eigenvalue weighted by atomic mass is 16.5. The summed E-state index contributed by atoms with van der Waals surface area (Å²) in [5, 5.41) is 0. The zero-order valence-electron chi connectivity index (χ0n) is 12.2. The maximum Gasteiger partial charge on any atom is 0.123 e. The van der Waals surface area contributed by atoms with E-state index in [-0.39, 0.29) is 0 Å². The Bertz CT molecular complexity index is 579. The van der Waals surface area contributed by atoms with Crippen LogP contribution in [-0.4, -0.2) is 14.2 Å². The maximum absolute atomic E-state index is 6.53. The fraction of sp³-hybridized carbons (Fsp3) is 0.294. The van der Waals surface area contributed by atoms with Crippen LogP contribution in [0.25, 0.3) is 0 Å². The van der Waals surface area contributed by atoms with Gasteiger partial charge in [-0.3, -0.25) is 0 Å². The summed E-state index contributed by atoms with van der Waals surface area (Å²) in [5.41, 5.74) is 8.09. The minimum absolute atomic E-state index is 0.527. The van der Waals surface area contributed by atoms with Gasteiger partial charge in [0.2, 0.25) is 0 Å². The molecule has 0 aromatic heterocycles. The molecule has 2 aromatic rings. The van der Waals surface area contributed by atoms with Crippen molar-refractivity contribution in [1.29, 1.82) is 0 Å². The van der Waals surface area contributed by atoms with Crippen molar-refractivity contribution >= 4 is 0 Å². The molecule has 2 aromatic carbocycles. The predicted molar refractivity (Wildman–Crippen MR) is 81.2 cm³/mol. The van der Waals surface area contributed by atoms with Crippen LogP contribution in [0.5, 0.6) is 11.5 Å². The molecule has 1 atom stereocenters. The Hall–Kier alpha value is -2.00. The molecule has 0 saturated carbocycles. The molecular formula is C17H21NO2. The maximum atomic E-state index is 6.53. The molecule has 0 aliphatic carbocycles. The van der Waals surface area contributed by atoms with Gasteiger partial charge >= 0.3 is 0 Å². The highest BCUT2D eigenvalue weighted by Gasteiger charge is 2.26. The lowest BCUT2D eigenvalue weighted by Crippen LogP contribution is -2.36. The van der Waals surface area contributed by atoms with Crippen LogP contribution in [0, 0.1) is 0 Å². The summed E-state index contributed by atoms with van der Waals surface area (Å²) in [6.45, 7) is 2.01. The first-order valence-electron chi connectivity index (χ1n) is 6.63. The van der Waals surface area contributed by atoms with Gasteiger partial charge in [0.1, 0.15) is 11.5 Å². The van der Waals surface area contributed by atoms with E-state index in [0.717, 1.165) is 22.6 Å². The first-order valence-corrected chi connectivity index (χ1v) is 6.63. The van der Waals surface area contributed by atoms with E-state index in [0.29, 0.717) is 6.42 Å². The number of hydrogen-bond donors (Lipinski definition) is 1. The summed E-state index contributed by atoms with van der Waals surface area (Å²) >= 11 is 0. The Balaban J connectivity index is 2.35. The molecule has 2 N–H and O–H groups in total.